The van der Waals surface area contributed by atoms with Gasteiger partial charge in [-0.25, -0.2) is 14.3 Å². The number of hydrogen-bond acceptors (Lipinski definition) is 8. The first-order valence-electron chi connectivity index (χ1n) is 13.1. The molecule has 0 radical (unpaired) electrons. The number of aromatic nitrogens is 4. The van der Waals surface area contributed by atoms with Gasteiger partial charge in [-0.05, 0) is 51.6 Å². The third-order valence-corrected chi connectivity index (χ3v) is 7.36. The van der Waals surface area contributed by atoms with Gasteiger partial charge in [0, 0.05) is 44.9 Å². The van der Waals surface area contributed by atoms with Crippen molar-refractivity contribution in [2.75, 3.05) is 27.2 Å². The molecule has 5 rings (SSSR count). The van der Waals surface area contributed by atoms with Crippen LogP contribution in [0.5, 0.6) is 0 Å². The van der Waals surface area contributed by atoms with Crippen molar-refractivity contribution in [1.82, 2.24) is 39.6 Å². The Morgan fingerprint density at radius 2 is 1.88 bits per heavy atom. The largest absolute Gasteiger partial charge is 0.419 e. The number of piperidine rings is 1. The second-order valence-corrected chi connectivity index (χ2v) is 10.3. The van der Waals surface area contributed by atoms with E-state index in [-0.39, 0.29) is 23.8 Å². The number of rotatable bonds is 7. The minimum atomic E-state index is -0.756. The van der Waals surface area contributed by atoms with Gasteiger partial charge in [0.05, 0.1) is 11.7 Å². The Hall–Kier alpha value is -4.52. The highest BCUT2D eigenvalue weighted by Gasteiger charge is 2.28. The first kappa shape index (κ1) is 27.1. The van der Waals surface area contributed by atoms with Gasteiger partial charge >= 0.3 is 5.76 Å². The van der Waals surface area contributed by atoms with Crippen molar-refractivity contribution < 1.29 is 18.8 Å². The smallest absolute Gasteiger partial charge is 0.408 e. The van der Waals surface area contributed by atoms with Crippen molar-refractivity contribution in [1.29, 1.82) is 0 Å². The van der Waals surface area contributed by atoms with Gasteiger partial charge in [0.2, 0.25) is 5.91 Å². The summed E-state index contributed by atoms with van der Waals surface area (Å²) in [6, 6.07) is 7.80. The van der Waals surface area contributed by atoms with E-state index in [0.717, 1.165) is 18.4 Å². The topological polar surface area (TPSA) is 147 Å². The molecule has 210 valence electrons. The minimum absolute atomic E-state index is 0.0275. The lowest BCUT2D eigenvalue weighted by Gasteiger charge is -2.36. The number of oxazole rings is 1. The molecule has 0 unspecified atom stereocenters. The van der Waals surface area contributed by atoms with E-state index in [4.69, 9.17) is 4.42 Å². The van der Waals surface area contributed by atoms with Crippen LogP contribution in [-0.2, 0) is 18.4 Å². The number of carbonyl (C=O) groups excluding carboxylic acids is 3. The van der Waals surface area contributed by atoms with Crippen molar-refractivity contribution in [3.05, 3.63) is 64.0 Å². The molecular formula is C27H32N8O5. The van der Waals surface area contributed by atoms with E-state index < -0.39 is 23.6 Å². The van der Waals surface area contributed by atoms with Crippen molar-refractivity contribution in [3.63, 3.8) is 0 Å². The Kier molecular flexibility index (Phi) is 7.39. The molecule has 4 heterocycles. The summed E-state index contributed by atoms with van der Waals surface area (Å²) >= 11 is 0. The molecule has 0 aliphatic carbocycles. The van der Waals surface area contributed by atoms with Gasteiger partial charge in [0.25, 0.3) is 11.8 Å². The Balaban J connectivity index is 1.28. The normalized spacial score (nSPS) is 15.1. The molecule has 3 aromatic heterocycles. The standard InChI is InChI=1S/C27H32N8O5/c1-16(26(38)34-11-8-18(9-12-34)32(2)3)30-25(37)21-14-19(31-23-7-10-29-35(21)23)24(36)28-15-17-5-6-22-20(13-17)33(4)27(39)40-22/h5-7,10,13-14,16,18H,8-9,11-12,15H2,1-4H3,(H,28,36)(H,30,37)/t16-/m0/s1. The molecular weight excluding hydrogens is 516 g/mol. The molecule has 1 aliphatic rings. The first-order chi connectivity index (χ1) is 19.1. The zero-order chi connectivity index (χ0) is 28.6. The summed E-state index contributed by atoms with van der Waals surface area (Å²) < 4.78 is 7.86. The van der Waals surface area contributed by atoms with E-state index in [0.29, 0.717) is 35.9 Å². The Morgan fingerprint density at radius 3 is 2.60 bits per heavy atom. The monoisotopic (exact) mass is 548 g/mol. The Labute approximate surface area is 229 Å². The van der Waals surface area contributed by atoms with Crippen LogP contribution >= 0.6 is 0 Å². The number of carbonyl (C=O) groups is 3. The molecule has 4 aromatic rings. The summed E-state index contributed by atoms with van der Waals surface area (Å²) in [5.74, 6) is -1.65. The lowest BCUT2D eigenvalue weighted by molar-refractivity contribution is -0.134. The average molecular weight is 549 g/mol. The fraction of sp³-hybridized carbons (Fsp3) is 0.407. The van der Waals surface area contributed by atoms with E-state index in [1.54, 1.807) is 43.1 Å². The molecule has 1 aliphatic heterocycles. The highest BCUT2D eigenvalue weighted by Crippen LogP contribution is 2.16. The van der Waals surface area contributed by atoms with Gasteiger partial charge in [0.1, 0.15) is 17.4 Å². The fourth-order valence-electron chi connectivity index (χ4n) is 4.95. The highest BCUT2D eigenvalue weighted by molar-refractivity contribution is 6.00. The summed E-state index contributed by atoms with van der Waals surface area (Å²) in [5, 5.41) is 9.72. The second-order valence-electron chi connectivity index (χ2n) is 10.3. The maximum Gasteiger partial charge on any atom is 0.419 e. The van der Waals surface area contributed by atoms with Gasteiger partial charge in [-0.15, -0.1) is 0 Å². The quantitative estimate of drug-likeness (QED) is 0.344. The molecule has 1 aromatic carbocycles. The predicted octanol–water partition coefficient (Wildman–Crippen LogP) is 0.775. The van der Waals surface area contributed by atoms with Crippen molar-refractivity contribution in [3.8, 4) is 0 Å². The molecule has 1 saturated heterocycles. The summed E-state index contributed by atoms with van der Waals surface area (Å²) in [5.41, 5.74) is 2.25. The maximum absolute atomic E-state index is 13.3. The molecule has 0 saturated carbocycles. The van der Waals surface area contributed by atoms with Crippen LogP contribution in [0.25, 0.3) is 16.7 Å². The SMILES string of the molecule is C[C@H](NC(=O)c1cc(C(=O)NCc2ccc3oc(=O)n(C)c3c2)nc2ccnn12)C(=O)N1CCC(N(C)C)CC1. The highest BCUT2D eigenvalue weighted by atomic mass is 16.4. The predicted molar refractivity (Wildman–Crippen MR) is 146 cm³/mol. The summed E-state index contributed by atoms with van der Waals surface area (Å²) in [4.78, 5) is 59.3. The third kappa shape index (κ3) is 5.32. The van der Waals surface area contributed by atoms with E-state index in [1.807, 2.05) is 14.1 Å². The number of aryl methyl sites for hydroxylation is 1. The summed E-state index contributed by atoms with van der Waals surface area (Å²) in [7, 11) is 5.68. The van der Waals surface area contributed by atoms with Gasteiger partial charge in [-0.2, -0.15) is 5.10 Å². The maximum atomic E-state index is 13.3. The number of likely N-dealkylation sites (tertiary alicyclic amines) is 1. The molecule has 1 atom stereocenters. The molecule has 40 heavy (non-hydrogen) atoms. The van der Waals surface area contributed by atoms with Crippen LogP contribution in [0, 0.1) is 0 Å². The van der Waals surface area contributed by atoms with Crippen molar-refractivity contribution in [2.45, 2.75) is 38.4 Å². The second kappa shape index (κ2) is 10.9. The molecule has 2 N–H and O–H groups in total. The lowest BCUT2D eigenvalue weighted by atomic mass is 10.0. The minimum Gasteiger partial charge on any atom is -0.408 e. The van der Waals surface area contributed by atoms with Crippen LogP contribution in [0.4, 0.5) is 0 Å². The van der Waals surface area contributed by atoms with Gasteiger partial charge < -0.3 is 24.9 Å². The van der Waals surface area contributed by atoms with E-state index in [9.17, 15) is 19.2 Å². The molecule has 3 amide bonds. The zero-order valence-electron chi connectivity index (χ0n) is 22.9. The van der Waals surface area contributed by atoms with E-state index >= 15 is 0 Å². The molecule has 0 spiro atoms. The number of benzene rings is 1. The van der Waals surface area contributed by atoms with Crippen molar-refractivity contribution in [2.24, 2.45) is 7.05 Å². The van der Waals surface area contributed by atoms with Crippen LogP contribution in [0.1, 0.15) is 46.3 Å². The zero-order valence-corrected chi connectivity index (χ0v) is 22.9. The summed E-state index contributed by atoms with van der Waals surface area (Å²) in [6.45, 7) is 3.08. The number of amides is 3. The van der Waals surface area contributed by atoms with E-state index in [2.05, 4.69) is 25.6 Å². The third-order valence-electron chi connectivity index (χ3n) is 7.36. The molecule has 13 heteroatoms. The first-order valence-corrected chi connectivity index (χ1v) is 13.1. The number of nitrogens with one attached hydrogen (secondary N) is 2. The van der Waals surface area contributed by atoms with Crippen LogP contribution < -0.4 is 16.4 Å². The Bertz CT molecular complexity index is 1640. The number of nitrogens with zero attached hydrogens (tertiary/aromatic N) is 6. The van der Waals surface area contributed by atoms with Gasteiger partial charge in [0.15, 0.2) is 11.2 Å². The summed E-state index contributed by atoms with van der Waals surface area (Å²) in [6.07, 6.45) is 3.24. The molecule has 13 nitrogen and oxygen atoms in total. The molecule has 0 bridgehead atoms. The van der Waals surface area contributed by atoms with Crippen molar-refractivity contribution >= 4 is 34.5 Å². The van der Waals surface area contributed by atoms with Crippen LogP contribution in [0.2, 0.25) is 0 Å². The van der Waals surface area contributed by atoms with Crippen LogP contribution in [-0.4, -0.2) is 86.0 Å². The lowest BCUT2D eigenvalue weighted by Crippen LogP contribution is -2.51. The van der Waals surface area contributed by atoms with E-state index in [1.165, 1.54) is 21.3 Å². The van der Waals surface area contributed by atoms with Gasteiger partial charge in [-0.1, -0.05) is 6.07 Å². The number of fused-ring (bicyclic) bond motifs is 2. The number of hydrogen-bond donors (Lipinski definition) is 2. The Morgan fingerprint density at radius 1 is 1.12 bits per heavy atom. The molecule has 1 fully saturated rings. The van der Waals surface area contributed by atoms with Crippen LogP contribution in [0.3, 0.4) is 0 Å². The van der Waals surface area contributed by atoms with Crippen LogP contribution in [0.15, 0.2) is 45.7 Å². The average Bonchev–Trinajstić information content (AvgIpc) is 3.54. The van der Waals surface area contributed by atoms with Gasteiger partial charge in [-0.3, -0.25) is 19.0 Å². The fourth-order valence-corrected chi connectivity index (χ4v) is 4.95.